The summed E-state index contributed by atoms with van der Waals surface area (Å²) in [6.07, 6.45) is 3.03. The number of pyridine rings is 1. The number of nitrogens with one attached hydrogen (secondary N) is 1. The van der Waals surface area contributed by atoms with Gasteiger partial charge in [0.25, 0.3) is 5.91 Å². The number of carbonyl (C=O) groups excluding carboxylic acids is 1. The zero-order valence-corrected chi connectivity index (χ0v) is 13.8. The molecule has 1 amide bonds. The third-order valence-electron chi connectivity index (χ3n) is 3.59. The van der Waals surface area contributed by atoms with Crippen molar-refractivity contribution in [1.82, 2.24) is 4.98 Å². The normalized spacial score (nSPS) is 12.0. The molecule has 3 rings (SSSR count). The lowest BCUT2D eigenvalue weighted by Crippen LogP contribution is -2.14. The van der Waals surface area contributed by atoms with E-state index < -0.39 is 16.7 Å². The highest BCUT2D eigenvalue weighted by molar-refractivity contribution is 7.84. The van der Waals surface area contributed by atoms with Gasteiger partial charge in [-0.2, -0.15) is 0 Å². The maximum Gasteiger partial charge on any atom is 0.252 e. The summed E-state index contributed by atoms with van der Waals surface area (Å²) in [5.74, 6) is -0.598. The van der Waals surface area contributed by atoms with Gasteiger partial charge in [0, 0.05) is 44.9 Å². The Morgan fingerprint density at radius 1 is 1.21 bits per heavy atom. The summed E-state index contributed by atoms with van der Waals surface area (Å²) >= 11 is 0. The van der Waals surface area contributed by atoms with E-state index in [0.717, 1.165) is 0 Å². The highest BCUT2D eigenvalue weighted by atomic mass is 32.2. The van der Waals surface area contributed by atoms with Gasteiger partial charge in [0.1, 0.15) is 0 Å². The molecule has 1 aromatic heterocycles. The lowest BCUT2D eigenvalue weighted by molar-refractivity contribution is 0.100. The van der Waals surface area contributed by atoms with E-state index >= 15 is 0 Å². The van der Waals surface area contributed by atoms with Crippen LogP contribution in [-0.4, -0.2) is 21.4 Å². The van der Waals surface area contributed by atoms with E-state index in [1.807, 2.05) is 6.07 Å². The molecule has 0 fully saturated rings. The van der Waals surface area contributed by atoms with Gasteiger partial charge in [-0.05, 0) is 36.4 Å². The highest BCUT2D eigenvalue weighted by Crippen LogP contribution is 2.30. The first-order chi connectivity index (χ1) is 11.5. The molecule has 0 saturated heterocycles. The van der Waals surface area contributed by atoms with Crippen LogP contribution in [0.5, 0.6) is 0 Å². The van der Waals surface area contributed by atoms with Crippen LogP contribution in [0.1, 0.15) is 10.4 Å². The standard InChI is InChI=1S/C17H16N4O2S/c1-24(23)12-5-6-15-13(8-12)16(14(9-20-15)17(19)22)21-11-4-2-3-10(18)7-11/h2-9H,18H2,1H3,(H2,19,22)(H,20,21). The van der Waals surface area contributed by atoms with E-state index in [1.54, 1.807) is 42.7 Å². The van der Waals surface area contributed by atoms with Crippen molar-refractivity contribution in [3.63, 3.8) is 0 Å². The number of nitrogens with zero attached hydrogens (tertiary/aromatic N) is 1. The molecule has 1 heterocycles. The number of amides is 1. The Balaban J connectivity index is 2.24. The van der Waals surface area contributed by atoms with E-state index in [0.29, 0.717) is 32.9 Å². The number of carbonyl (C=O) groups is 1. The lowest BCUT2D eigenvalue weighted by Gasteiger charge is -2.14. The summed E-state index contributed by atoms with van der Waals surface area (Å²) in [6, 6.07) is 12.4. The Labute approximate surface area is 141 Å². The molecule has 7 heteroatoms. The summed E-state index contributed by atoms with van der Waals surface area (Å²) in [5.41, 5.74) is 14.0. The number of primary amides is 1. The van der Waals surface area contributed by atoms with Crippen LogP contribution in [0.15, 0.2) is 53.6 Å². The molecule has 0 radical (unpaired) electrons. The summed E-state index contributed by atoms with van der Waals surface area (Å²) in [6.45, 7) is 0. The van der Waals surface area contributed by atoms with Crippen LogP contribution in [-0.2, 0) is 10.8 Å². The Bertz CT molecular complexity index is 967. The van der Waals surface area contributed by atoms with Crippen molar-refractivity contribution in [1.29, 1.82) is 0 Å². The van der Waals surface area contributed by atoms with Gasteiger partial charge >= 0.3 is 0 Å². The number of hydrogen-bond acceptors (Lipinski definition) is 5. The molecule has 3 aromatic rings. The number of anilines is 3. The Hall–Kier alpha value is -2.93. The molecule has 2 aromatic carbocycles. The van der Waals surface area contributed by atoms with Crippen molar-refractivity contribution in [2.45, 2.75) is 4.90 Å². The van der Waals surface area contributed by atoms with Crippen LogP contribution in [0, 0.1) is 0 Å². The van der Waals surface area contributed by atoms with Crippen LogP contribution >= 0.6 is 0 Å². The number of hydrogen-bond donors (Lipinski definition) is 3. The number of rotatable bonds is 4. The molecule has 1 atom stereocenters. The Morgan fingerprint density at radius 3 is 2.67 bits per heavy atom. The molecule has 0 saturated carbocycles. The van der Waals surface area contributed by atoms with Crippen LogP contribution < -0.4 is 16.8 Å². The predicted octanol–water partition coefficient (Wildman–Crippen LogP) is 2.40. The molecular formula is C17H16N4O2S. The molecule has 1 unspecified atom stereocenters. The van der Waals surface area contributed by atoms with Crippen LogP contribution in [0.4, 0.5) is 17.1 Å². The highest BCUT2D eigenvalue weighted by Gasteiger charge is 2.15. The first-order valence-corrected chi connectivity index (χ1v) is 8.70. The minimum absolute atomic E-state index is 0.254. The summed E-state index contributed by atoms with van der Waals surface area (Å²) in [5, 5.41) is 3.85. The van der Waals surface area contributed by atoms with Gasteiger partial charge in [-0.25, -0.2) is 0 Å². The minimum atomic E-state index is -1.15. The van der Waals surface area contributed by atoms with Crippen molar-refractivity contribution in [2.75, 3.05) is 17.3 Å². The average molecular weight is 340 g/mol. The van der Waals surface area contributed by atoms with E-state index in [2.05, 4.69) is 10.3 Å². The van der Waals surface area contributed by atoms with Gasteiger partial charge in [0.05, 0.1) is 16.8 Å². The number of nitrogen functional groups attached to an aromatic ring is 1. The quantitative estimate of drug-likeness (QED) is 0.632. The maximum absolute atomic E-state index is 11.8. The molecule has 0 spiro atoms. The number of fused-ring (bicyclic) bond motifs is 1. The predicted molar refractivity (Wildman–Crippen MR) is 96.7 cm³/mol. The molecule has 6 nitrogen and oxygen atoms in total. The van der Waals surface area contributed by atoms with Gasteiger partial charge < -0.3 is 16.8 Å². The molecule has 24 heavy (non-hydrogen) atoms. The summed E-state index contributed by atoms with van der Waals surface area (Å²) in [4.78, 5) is 16.7. The average Bonchev–Trinajstić information content (AvgIpc) is 2.54. The molecule has 5 N–H and O–H groups in total. The second-order valence-corrected chi connectivity index (χ2v) is 6.67. The Morgan fingerprint density at radius 2 is 2.00 bits per heavy atom. The van der Waals surface area contributed by atoms with E-state index in [4.69, 9.17) is 11.5 Å². The largest absolute Gasteiger partial charge is 0.399 e. The monoisotopic (exact) mass is 340 g/mol. The SMILES string of the molecule is CS(=O)c1ccc2ncc(C(N)=O)c(Nc3cccc(N)c3)c2c1. The van der Waals surface area contributed by atoms with Gasteiger partial charge in [0.15, 0.2) is 0 Å². The zero-order chi connectivity index (χ0) is 17.3. The Kier molecular flexibility index (Phi) is 4.18. The maximum atomic E-state index is 11.8. The van der Waals surface area contributed by atoms with Crippen molar-refractivity contribution in [2.24, 2.45) is 5.73 Å². The van der Waals surface area contributed by atoms with Gasteiger partial charge in [-0.1, -0.05) is 6.07 Å². The van der Waals surface area contributed by atoms with Crippen LogP contribution in [0.2, 0.25) is 0 Å². The number of aromatic nitrogens is 1. The molecule has 0 aliphatic heterocycles. The van der Waals surface area contributed by atoms with Gasteiger partial charge in [-0.15, -0.1) is 0 Å². The summed E-state index contributed by atoms with van der Waals surface area (Å²) < 4.78 is 11.8. The first kappa shape index (κ1) is 15.9. The fraction of sp³-hybridized carbons (Fsp3) is 0.0588. The van der Waals surface area contributed by atoms with E-state index in [1.165, 1.54) is 6.20 Å². The van der Waals surface area contributed by atoms with Crippen LogP contribution in [0.3, 0.4) is 0 Å². The first-order valence-electron chi connectivity index (χ1n) is 7.14. The van der Waals surface area contributed by atoms with Gasteiger partial charge in [0.2, 0.25) is 0 Å². The van der Waals surface area contributed by atoms with E-state index in [9.17, 15) is 9.00 Å². The van der Waals surface area contributed by atoms with Crippen molar-refractivity contribution >= 4 is 44.7 Å². The minimum Gasteiger partial charge on any atom is -0.399 e. The molecule has 122 valence electrons. The fourth-order valence-corrected chi connectivity index (χ4v) is 2.98. The van der Waals surface area contributed by atoms with Crippen molar-refractivity contribution in [3.8, 4) is 0 Å². The van der Waals surface area contributed by atoms with Crippen molar-refractivity contribution in [3.05, 3.63) is 54.2 Å². The molecular weight excluding hydrogens is 324 g/mol. The fourth-order valence-electron chi connectivity index (χ4n) is 2.43. The second-order valence-electron chi connectivity index (χ2n) is 5.29. The third-order valence-corrected chi connectivity index (χ3v) is 4.51. The number of benzene rings is 2. The molecule has 0 bridgehead atoms. The number of nitrogens with two attached hydrogens (primary N) is 2. The smallest absolute Gasteiger partial charge is 0.252 e. The molecule has 0 aliphatic rings. The van der Waals surface area contributed by atoms with Crippen LogP contribution in [0.25, 0.3) is 10.9 Å². The molecule has 0 aliphatic carbocycles. The van der Waals surface area contributed by atoms with Crippen molar-refractivity contribution < 1.29 is 9.00 Å². The third kappa shape index (κ3) is 3.07. The summed E-state index contributed by atoms with van der Waals surface area (Å²) in [7, 11) is -1.15. The van der Waals surface area contributed by atoms with Gasteiger partial charge in [-0.3, -0.25) is 14.0 Å². The van der Waals surface area contributed by atoms with E-state index in [-0.39, 0.29) is 5.56 Å². The second kappa shape index (κ2) is 6.29. The lowest BCUT2D eigenvalue weighted by atomic mass is 10.1. The zero-order valence-electron chi connectivity index (χ0n) is 12.9. The topological polar surface area (TPSA) is 111 Å².